The Balaban J connectivity index is 2.13. The first-order chi connectivity index (χ1) is 9.58. The molecule has 1 aliphatic rings. The predicted molar refractivity (Wildman–Crippen MR) is 71.6 cm³/mol. The van der Waals surface area contributed by atoms with Gasteiger partial charge in [0.1, 0.15) is 13.2 Å². The summed E-state index contributed by atoms with van der Waals surface area (Å²) in [5.74, 6) is -0.0142. The van der Waals surface area contributed by atoms with E-state index in [1.165, 1.54) is 10.7 Å². The molecule has 0 unspecified atom stereocenters. The van der Waals surface area contributed by atoms with Crippen LogP contribution < -0.4 is 9.47 Å². The second-order valence-corrected chi connectivity index (χ2v) is 4.67. The van der Waals surface area contributed by atoms with E-state index in [9.17, 15) is 4.79 Å². The average Bonchev–Trinajstić information content (AvgIpc) is 2.82. The van der Waals surface area contributed by atoms with Gasteiger partial charge in [0.05, 0.1) is 10.7 Å². The third kappa shape index (κ3) is 1.98. The van der Waals surface area contributed by atoms with Crippen LogP contribution in [0.2, 0.25) is 5.02 Å². The normalized spacial score (nSPS) is 13.3. The molecule has 0 amide bonds. The van der Waals surface area contributed by atoms with Gasteiger partial charge in [-0.25, -0.2) is 4.79 Å². The van der Waals surface area contributed by atoms with Gasteiger partial charge in [-0.1, -0.05) is 11.6 Å². The monoisotopic (exact) mass is 294 g/mol. The second-order valence-electron chi connectivity index (χ2n) is 4.29. The zero-order valence-corrected chi connectivity index (χ0v) is 11.3. The maximum absolute atomic E-state index is 11.0. The number of fused-ring (bicyclic) bond motifs is 1. The molecule has 0 saturated carbocycles. The van der Waals surface area contributed by atoms with E-state index in [0.29, 0.717) is 41.0 Å². The summed E-state index contributed by atoms with van der Waals surface area (Å²) >= 11 is 6.33. The SMILES string of the molecule is Cn1nc(C(=O)O)cc1-c1ccc2c(c1Cl)OCCO2. The lowest BCUT2D eigenvalue weighted by molar-refractivity contribution is 0.0689. The van der Waals surface area contributed by atoms with E-state index < -0.39 is 5.97 Å². The molecular weight excluding hydrogens is 284 g/mol. The number of carboxylic acids is 1. The quantitative estimate of drug-likeness (QED) is 0.919. The minimum Gasteiger partial charge on any atom is -0.486 e. The number of hydrogen-bond donors (Lipinski definition) is 1. The highest BCUT2D eigenvalue weighted by molar-refractivity contribution is 6.35. The smallest absolute Gasteiger partial charge is 0.356 e. The van der Waals surface area contributed by atoms with Crippen LogP contribution in [0.3, 0.4) is 0 Å². The number of aromatic nitrogens is 2. The molecule has 0 bridgehead atoms. The number of nitrogens with zero attached hydrogens (tertiary/aromatic N) is 2. The van der Waals surface area contributed by atoms with Gasteiger partial charge in [-0.3, -0.25) is 4.68 Å². The molecule has 104 valence electrons. The summed E-state index contributed by atoms with van der Waals surface area (Å²) < 4.78 is 12.4. The zero-order chi connectivity index (χ0) is 14.3. The molecule has 1 aromatic heterocycles. The Morgan fingerprint density at radius 3 is 2.85 bits per heavy atom. The van der Waals surface area contributed by atoms with Gasteiger partial charge in [-0.15, -0.1) is 0 Å². The van der Waals surface area contributed by atoms with E-state index in [2.05, 4.69) is 5.10 Å². The van der Waals surface area contributed by atoms with Gasteiger partial charge in [0.15, 0.2) is 17.2 Å². The predicted octanol–water partition coefficient (Wildman–Crippen LogP) is 2.21. The lowest BCUT2D eigenvalue weighted by Crippen LogP contribution is -2.15. The molecule has 20 heavy (non-hydrogen) atoms. The molecule has 3 rings (SSSR count). The molecule has 1 aromatic carbocycles. The fourth-order valence-corrected chi connectivity index (χ4v) is 2.41. The van der Waals surface area contributed by atoms with Crippen molar-refractivity contribution in [2.45, 2.75) is 0 Å². The van der Waals surface area contributed by atoms with Crippen molar-refractivity contribution >= 4 is 17.6 Å². The van der Waals surface area contributed by atoms with Crippen LogP contribution in [0.15, 0.2) is 18.2 Å². The molecule has 1 aliphatic heterocycles. The highest BCUT2D eigenvalue weighted by Crippen LogP contribution is 2.43. The number of rotatable bonds is 2. The second kappa shape index (κ2) is 4.72. The number of ether oxygens (including phenoxy) is 2. The molecule has 6 nitrogen and oxygen atoms in total. The standard InChI is InChI=1S/C13H11ClN2O4/c1-16-9(6-8(15-16)13(17)18)7-2-3-10-12(11(7)14)20-5-4-19-10/h2-3,6H,4-5H2,1H3,(H,17,18). The van der Waals surface area contributed by atoms with Crippen LogP contribution in [0, 0.1) is 0 Å². The topological polar surface area (TPSA) is 73.6 Å². The average molecular weight is 295 g/mol. The van der Waals surface area contributed by atoms with E-state index in [1.807, 2.05) is 0 Å². The van der Waals surface area contributed by atoms with Crippen molar-refractivity contribution in [1.82, 2.24) is 9.78 Å². The fourth-order valence-electron chi connectivity index (χ4n) is 2.10. The van der Waals surface area contributed by atoms with Crippen LogP contribution in [-0.2, 0) is 7.05 Å². The molecule has 1 N–H and O–H groups in total. The van der Waals surface area contributed by atoms with Gasteiger partial charge in [0.25, 0.3) is 0 Å². The molecule has 0 fully saturated rings. The highest BCUT2D eigenvalue weighted by Gasteiger charge is 2.21. The first kappa shape index (κ1) is 12.8. The van der Waals surface area contributed by atoms with Crippen molar-refractivity contribution in [3.63, 3.8) is 0 Å². The minimum atomic E-state index is -1.08. The van der Waals surface area contributed by atoms with Crippen molar-refractivity contribution in [1.29, 1.82) is 0 Å². The molecule has 2 heterocycles. The number of carboxylic acid groups (broad SMARTS) is 1. The van der Waals surface area contributed by atoms with Gasteiger partial charge < -0.3 is 14.6 Å². The van der Waals surface area contributed by atoms with E-state index in [1.54, 1.807) is 19.2 Å². The number of aromatic carboxylic acids is 1. The summed E-state index contributed by atoms with van der Waals surface area (Å²) in [6.07, 6.45) is 0. The maximum atomic E-state index is 11.0. The number of carbonyl (C=O) groups is 1. The Labute approximate surface area is 119 Å². The van der Waals surface area contributed by atoms with Gasteiger partial charge in [0.2, 0.25) is 0 Å². The van der Waals surface area contributed by atoms with Crippen molar-refractivity contribution < 1.29 is 19.4 Å². The van der Waals surface area contributed by atoms with E-state index >= 15 is 0 Å². The number of hydrogen-bond acceptors (Lipinski definition) is 4. The third-order valence-electron chi connectivity index (χ3n) is 3.02. The Hall–Kier alpha value is -2.21. The molecule has 0 saturated heterocycles. The van der Waals surface area contributed by atoms with E-state index in [0.717, 1.165) is 0 Å². The van der Waals surface area contributed by atoms with Crippen LogP contribution in [0.1, 0.15) is 10.5 Å². The van der Waals surface area contributed by atoms with Crippen LogP contribution >= 0.6 is 11.6 Å². The third-order valence-corrected chi connectivity index (χ3v) is 3.40. The molecule has 0 spiro atoms. The highest BCUT2D eigenvalue weighted by atomic mass is 35.5. The van der Waals surface area contributed by atoms with Crippen LogP contribution in [0.4, 0.5) is 0 Å². The van der Waals surface area contributed by atoms with Gasteiger partial charge in [-0.05, 0) is 18.2 Å². The number of benzene rings is 1. The minimum absolute atomic E-state index is 0.0338. The van der Waals surface area contributed by atoms with Gasteiger partial charge in [0, 0.05) is 12.6 Å². The summed E-state index contributed by atoms with van der Waals surface area (Å²) in [5, 5.41) is 13.3. The number of halogens is 1. The van der Waals surface area contributed by atoms with Gasteiger partial charge >= 0.3 is 5.97 Å². The lowest BCUT2D eigenvalue weighted by atomic mass is 10.1. The fraction of sp³-hybridized carbons (Fsp3) is 0.231. The largest absolute Gasteiger partial charge is 0.486 e. The maximum Gasteiger partial charge on any atom is 0.356 e. The Morgan fingerprint density at radius 1 is 1.40 bits per heavy atom. The van der Waals surface area contributed by atoms with Crippen LogP contribution in [0.5, 0.6) is 11.5 Å². The van der Waals surface area contributed by atoms with Crippen LogP contribution in [0.25, 0.3) is 11.3 Å². The van der Waals surface area contributed by atoms with Crippen molar-refractivity contribution in [3.8, 4) is 22.8 Å². The summed E-state index contributed by atoms with van der Waals surface area (Å²) in [7, 11) is 1.66. The number of aryl methyl sites for hydroxylation is 1. The van der Waals surface area contributed by atoms with Crippen LogP contribution in [-0.4, -0.2) is 34.1 Å². The first-order valence-electron chi connectivity index (χ1n) is 5.93. The Bertz CT molecular complexity index is 696. The van der Waals surface area contributed by atoms with Crippen molar-refractivity contribution in [3.05, 3.63) is 28.9 Å². The molecular formula is C13H11ClN2O4. The summed E-state index contributed by atoms with van der Waals surface area (Å²) in [6, 6.07) is 4.99. The van der Waals surface area contributed by atoms with Crippen molar-refractivity contribution in [2.75, 3.05) is 13.2 Å². The van der Waals surface area contributed by atoms with Crippen molar-refractivity contribution in [2.24, 2.45) is 7.05 Å². The molecule has 7 heteroatoms. The Morgan fingerprint density at radius 2 is 2.15 bits per heavy atom. The Kier molecular flexibility index (Phi) is 3.02. The summed E-state index contributed by atoms with van der Waals surface area (Å²) in [6.45, 7) is 0.916. The van der Waals surface area contributed by atoms with Gasteiger partial charge in [-0.2, -0.15) is 5.10 Å². The molecule has 0 aliphatic carbocycles. The van der Waals surface area contributed by atoms with E-state index in [4.69, 9.17) is 26.2 Å². The molecule has 0 radical (unpaired) electrons. The summed E-state index contributed by atoms with van der Waals surface area (Å²) in [4.78, 5) is 11.0. The summed E-state index contributed by atoms with van der Waals surface area (Å²) in [5.41, 5.74) is 1.22. The first-order valence-corrected chi connectivity index (χ1v) is 6.31. The molecule has 0 atom stereocenters. The lowest BCUT2D eigenvalue weighted by Gasteiger charge is -2.20. The molecule has 2 aromatic rings. The zero-order valence-electron chi connectivity index (χ0n) is 10.6. The van der Waals surface area contributed by atoms with E-state index in [-0.39, 0.29) is 5.69 Å².